The zero-order valence-corrected chi connectivity index (χ0v) is 20.0. The van der Waals surface area contributed by atoms with Crippen molar-refractivity contribution < 1.29 is 4.79 Å². The van der Waals surface area contributed by atoms with Gasteiger partial charge < -0.3 is 4.90 Å². The number of carbonyl (C=O) groups excluding carboxylic acids is 1. The van der Waals surface area contributed by atoms with Gasteiger partial charge in [0, 0.05) is 30.3 Å². The fraction of sp³-hybridized carbons (Fsp3) is 0.219. The van der Waals surface area contributed by atoms with Gasteiger partial charge in [-0.1, -0.05) is 91.6 Å². The van der Waals surface area contributed by atoms with Crippen molar-refractivity contribution in [3.05, 3.63) is 127 Å². The molecule has 0 radical (unpaired) electrons. The summed E-state index contributed by atoms with van der Waals surface area (Å²) in [4.78, 5) is 15.1. The van der Waals surface area contributed by atoms with E-state index >= 15 is 0 Å². The number of ketones is 1. The van der Waals surface area contributed by atoms with E-state index in [0.29, 0.717) is 18.7 Å². The molecule has 1 unspecified atom stereocenters. The number of Topliss-reactive ketones (excluding diaryl/α,β-unsaturated/α-hetero) is 1. The summed E-state index contributed by atoms with van der Waals surface area (Å²) in [5, 5.41) is 0. The van der Waals surface area contributed by atoms with E-state index in [1.165, 1.54) is 16.7 Å². The molecule has 0 N–H and O–H groups in total. The lowest BCUT2D eigenvalue weighted by Gasteiger charge is -2.26. The molecule has 2 heteroatoms. The monoisotopic (exact) mass is 447 g/mol. The van der Waals surface area contributed by atoms with Crippen LogP contribution < -0.4 is 4.90 Å². The van der Waals surface area contributed by atoms with Crippen LogP contribution in [0.15, 0.2) is 127 Å². The highest BCUT2D eigenvalue weighted by Crippen LogP contribution is 2.31. The third kappa shape index (κ3) is 5.46. The Morgan fingerprint density at radius 2 is 1.74 bits per heavy atom. The minimum atomic E-state index is -0.0502. The largest absolute Gasteiger partial charge is 0.337 e. The molecule has 0 saturated heterocycles. The first-order valence-electron chi connectivity index (χ1n) is 12.2. The van der Waals surface area contributed by atoms with E-state index in [0.717, 1.165) is 36.2 Å². The number of rotatable bonds is 5. The Morgan fingerprint density at radius 3 is 2.47 bits per heavy atom. The molecule has 0 spiro atoms. The van der Waals surface area contributed by atoms with Crippen LogP contribution in [0.25, 0.3) is 11.1 Å². The molecule has 34 heavy (non-hydrogen) atoms. The molecule has 0 amide bonds. The highest BCUT2D eigenvalue weighted by molar-refractivity contribution is 5.85. The van der Waals surface area contributed by atoms with Crippen LogP contribution in [-0.2, 0) is 4.79 Å². The molecule has 0 fully saturated rings. The smallest absolute Gasteiger partial charge is 0.140 e. The third-order valence-corrected chi connectivity index (χ3v) is 6.51. The van der Waals surface area contributed by atoms with Crippen LogP contribution in [0.1, 0.15) is 32.6 Å². The lowest BCUT2D eigenvalue weighted by atomic mass is 9.89. The van der Waals surface area contributed by atoms with Crippen molar-refractivity contribution in [2.24, 2.45) is 5.92 Å². The predicted molar refractivity (Wildman–Crippen MR) is 145 cm³/mol. The van der Waals surface area contributed by atoms with Gasteiger partial charge >= 0.3 is 0 Å². The number of hydrogen-bond acceptors (Lipinski definition) is 2. The maximum absolute atomic E-state index is 12.8. The van der Waals surface area contributed by atoms with Gasteiger partial charge in [-0.2, -0.15) is 0 Å². The van der Waals surface area contributed by atoms with Gasteiger partial charge in [-0.3, -0.25) is 4.79 Å². The van der Waals surface area contributed by atoms with E-state index in [1.54, 1.807) is 0 Å². The molecule has 2 aliphatic rings. The first-order chi connectivity index (χ1) is 16.7. The molecule has 172 valence electrons. The van der Waals surface area contributed by atoms with Crippen LogP contribution in [0.2, 0.25) is 0 Å². The summed E-state index contributed by atoms with van der Waals surface area (Å²) in [6.45, 7) is 6.91. The van der Waals surface area contributed by atoms with E-state index in [-0.39, 0.29) is 5.92 Å². The van der Waals surface area contributed by atoms with E-state index in [4.69, 9.17) is 0 Å². The molecule has 4 rings (SSSR count). The molecule has 2 aromatic carbocycles. The summed E-state index contributed by atoms with van der Waals surface area (Å²) in [5.74, 6) is 0.291. The van der Waals surface area contributed by atoms with Crippen molar-refractivity contribution in [2.75, 3.05) is 11.4 Å². The van der Waals surface area contributed by atoms with Gasteiger partial charge in [-0.25, -0.2) is 0 Å². The van der Waals surface area contributed by atoms with E-state index < -0.39 is 0 Å². The van der Waals surface area contributed by atoms with Crippen molar-refractivity contribution in [2.45, 2.75) is 32.6 Å². The molecule has 1 atom stereocenters. The van der Waals surface area contributed by atoms with Crippen molar-refractivity contribution in [3.8, 4) is 11.1 Å². The number of allylic oxidation sites excluding steroid dienone is 9. The maximum Gasteiger partial charge on any atom is 0.140 e. The highest BCUT2D eigenvalue weighted by Gasteiger charge is 2.22. The van der Waals surface area contributed by atoms with E-state index in [1.807, 2.05) is 19.1 Å². The molecule has 2 nitrogen and oxygen atoms in total. The lowest BCUT2D eigenvalue weighted by molar-refractivity contribution is -0.121. The SMILES string of the molecule is C=CC1=C(C=CC)CC=C(C2CC=CCCC2=O)/C=C\CN1c1ccc(-c2ccccc2)cc1. The molecular formula is C32H33NO. The van der Waals surface area contributed by atoms with Gasteiger partial charge in [-0.05, 0) is 66.7 Å². The molecule has 2 aromatic rings. The van der Waals surface area contributed by atoms with Crippen molar-refractivity contribution in [3.63, 3.8) is 0 Å². The number of carbonyl (C=O) groups is 1. The molecule has 1 heterocycles. The minimum absolute atomic E-state index is 0.0502. The maximum atomic E-state index is 12.8. The Bertz CT molecular complexity index is 1160. The van der Waals surface area contributed by atoms with Crippen molar-refractivity contribution >= 4 is 11.5 Å². The Hall–Kier alpha value is -3.65. The summed E-state index contributed by atoms with van der Waals surface area (Å²) < 4.78 is 0. The first kappa shape index (κ1) is 23.5. The van der Waals surface area contributed by atoms with Gasteiger partial charge in [0.25, 0.3) is 0 Å². The van der Waals surface area contributed by atoms with Crippen LogP contribution in [0.4, 0.5) is 5.69 Å². The van der Waals surface area contributed by atoms with Crippen molar-refractivity contribution in [1.29, 1.82) is 0 Å². The number of hydrogen-bond donors (Lipinski definition) is 0. The summed E-state index contributed by atoms with van der Waals surface area (Å²) >= 11 is 0. The Labute approximate surface area is 204 Å². The summed E-state index contributed by atoms with van der Waals surface area (Å²) in [5.41, 5.74) is 6.96. The second kappa shape index (κ2) is 11.5. The van der Waals surface area contributed by atoms with Gasteiger partial charge in [-0.15, -0.1) is 0 Å². The topological polar surface area (TPSA) is 20.3 Å². The van der Waals surface area contributed by atoms with Gasteiger partial charge in [0.05, 0.1) is 0 Å². The van der Waals surface area contributed by atoms with Crippen molar-refractivity contribution in [1.82, 2.24) is 0 Å². The van der Waals surface area contributed by atoms with Crippen LogP contribution >= 0.6 is 0 Å². The van der Waals surface area contributed by atoms with E-state index in [2.05, 4.69) is 103 Å². The quantitative estimate of drug-likeness (QED) is 0.433. The Kier molecular flexibility index (Phi) is 7.93. The average Bonchev–Trinajstić information content (AvgIpc) is 3.04. The standard InChI is InChI=1S/C32H33NO/c1-3-12-28-19-18-27(30-16-9-6-10-17-32(30)34)15-11-24-33(31(28)4-2)29-22-20-26(21-23-29)25-13-7-5-8-14-25/h3-9,11-15,18,20-23,30H,2,10,16-17,19,24H2,1H3/b12-3?,15-11-,27-18?,31-28?. The van der Waals surface area contributed by atoms with Crippen LogP contribution in [0.5, 0.6) is 0 Å². The number of benzene rings is 2. The number of nitrogens with zero attached hydrogens (tertiary/aromatic N) is 1. The fourth-order valence-electron chi connectivity index (χ4n) is 4.73. The lowest BCUT2D eigenvalue weighted by Crippen LogP contribution is -2.22. The molecular weight excluding hydrogens is 414 g/mol. The molecule has 0 bridgehead atoms. The molecule has 0 aromatic heterocycles. The Balaban J connectivity index is 1.69. The van der Waals surface area contributed by atoms with Crippen LogP contribution in [-0.4, -0.2) is 12.3 Å². The first-order valence-corrected chi connectivity index (χ1v) is 12.2. The zero-order chi connectivity index (χ0) is 23.8. The summed E-state index contributed by atoms with van der Waals surface area (Å²) in [7, 11) is 0. The molecule has 1 aliphatic carbocycles. The fourth-order valence-corrected chi connectivity index (χ4v) is 4.73. The third-order valence-electron chi connectivity index (χ3n) is 6.51. The summed E-state index contributed by atoms with van der Waals surface area (Å²) in [6.07, 6.45) is 20.1. The average molecular weight is 448 g/mol. The molecule has 0 saturated carbocycles. The van der Waals surface area contributed by atoms with Crippen LogP contribution in [0, 0.1) is 5.92 Å². The Morgan fingerprint density at radius 1 is 0.971 bits per heavy atom. The van der Waals surface area contributed by atoms with Crippen LogP contribution in [0.3, 0.4) is 0 Å². The summed E-state index contributed by atoms with van der Waals surface area (Å²) in [6, 6.07) is 19.2. The highest BCUT2D eigenvalue weighted by atomic mass is 16.1. The van der Waals surface area contributed by atoms with Gasteiger partial charge in [0.15, 0.2) is 0 Å². The number of anilines is 1. The van der Waals surface area contributed by atoms with E-state index in [9.17, 15) is 4.79 Å². The normalized spacial score (nSPS) is 20.4. The molecule has 1 aliphatic heterocycles. The second-order valence-electron chi connectivity index (χ2n) is 8.71. The van der Waals surface area contributed by atoms with Gasteiger partial charge in [0.2, 0.25) is 0 Å². The van der Waals surface area contributed by atoms with Gasteiger partial charge in [0.1, 0.15) is 5.78 Å². The minimum Gasteiger partial charge on any atom is -0.337 e. The zero-order valence-electron chi connectivity index (χ0n) is 20.0. The second-order valence-corrected chi connectivity index (χ2v) is 8.71. The predicted octanol–water partition coefficient (Wildman–Crippen LogP) is 7.99.